The van der Waals surface area contributed by atoms with Crippen molar-refractivity contribution in [1.82, 2.24) is 0 Å². The lowest BCUT2D eigenvalue weighted by Gasteiger charge is -2.21. The highest BCUT2D eigenvalue weighted by Gasteiger charge is 2.25. The van der Waals surface area contributed by atoms with Gasteiger partial charge < -0.3 is 15.4 Å². The minimum Gasteiger partial charge on any atom is -0.435 e. The van der Waals surface area contributed by atoms with Gasteiger partial charge in [-0.25, -0.2) is 4.39 Å². The molecule has 0 aromatic heterocycles. The Morgan fingerprint density at radius 1 is 0.900 bits per heavy atom. The van der Waals surface area contributed by atoms with Crippen LogP contribution in [0.2, 0.25) is 0 Å². The first-order valence-corrected chi connectivity index (χ1v) is 9.43. The molecule has 0 unspecified atom stereocenters. The van der Waals surface area contributed by atoms with E-state index in [-0.39, 0.29) is 23.5 Å². The molecule has 1 amide bonds. The normalized spacial score (nSPS) is 13.0. The number of quaternary nitrogens is 1. The van der Waals surface area contributed by atoms with Gasteiger partial charge in [-0.3, -0.25) is 4.79 Å². The Morgan fingerprint density at radius 3 is 2.10 bits per heavy atom. The molecular weight excluding hydrogens is 393 g/mol. The zero-order chi connectivity index (χ0) is 21.5. The summed E-state index contributed by atoms with van der Waals surface area (Å²) in [7, 11) is 0. The van der Waals surface area contributed by atoms with Gasteiger partial charge in [-0.2, -0.15) is 8.78 Å². The van der Waals surface area contributed by atoms with Crippen molar-refractivity contribution in [2.45, 2.75) is 25.6 Å². The summed E-state index contributed by atoms with van der Waals surface area (Å²) in [5.74, 6) is -0.543. The maximum absolute atomic E-state index is 13.1. The molecule has 0 aliphatic carbocycles. The van der Waals surface area contributed by atoms with Gasteiger partial charge in [0.05, 0.1) is 0 Å². The number of amides is 1. The minimum absolute atomic E-state index is 0.0719. The van der Waals surface area contributed by atoms with Crippen molar-refractivity contribution < 1.29 is 28.0 Å². The van der Waals surface area contributed by atoms with Gasteiger partial charge in [0.2, 0.25) is 0 Å². The summed E-state index contributed by atoms with van der Waals surface area (Å²) in [6, 6.07) is 20.8. The second kappa shape index (κ2) is 9.93. The van der Waals surface area contributed by atoms with E-state index in [1.165, 1.54) is 36.4 Å². The zero-order valence-electron chi connectivity index (χ0n) is 16.3. The molecular formula is C23H22F3N2O2+. The number of anilines is 1. The van der Waals surface area contributed by atoms with Crippen molar-refractivity contribution in [2.24, 2.45) is 0 Å². The molecule has 7 heteroatoms. The van der Waals surface area contributed by atoms with Crippen LogP contribution in [0.1, 0.15) is 24.1 Å². The van der Waals surface area contributed by atoms with Crippen LogP contribution >= 0.6 is 0 Å². The number of benzene rings is 3. The van der Waals surface area contributed by atoms with Crippen LogP contribution in [-0.2, 0) is 4.79 Å². The number of carbonyl (C=O) groups is 1. The van der Waals surface area contributed by atoms with Crippen LogP contribution in [0.5, 0.6) is 5.75 Å². The predicted molar refractivity (Wildman–Crippen MR) is 108 cm³/mol. The fourth-order valence-electron chi connectivity index (χ4n) is 3.10. The fraction of sp³-hybridized carbons (Fsp3) is 0.174. The molecule has 4 nitrogen and oxygen atoms in total. The largest absolute Gasteiger partial charge is 0.435 e. The fourth-order valence-corrected chi connectivity index (χ4v) is 3.10. The molecule has 3 rings (SSSR count). The summed E-state index contributed by atoms with van der Waals surface area (Å²) in [6.45, 7) is -1.12. The lowest BCUT2D eigenvalue weighted by molar-refractivity contribution is -0.704. The number of ether oxygens (including phenoxy) is 1. The number of carbonyl (C=O) groups excluding carboxylic acids is 1. The highest BCUT2D eigenvalue weighted by molar-refractivity contribution is 5.93. The smallest absolute Gasteiger partial charge is 0.387 e. The summed E-state index contributed by atoms with van der Waals surface area (Å²) >= 11 is 0. The first-order chi connectivity index (χ1) is 14.4. The molecule has 0 radical (unpaired) electrons. The Hall–Kier alpha value is -3.32. The average Bonchev–Trinajstić information content (AvgIpc) is 2.74. The lowest BCUT2D eigenvalue weighted by Crippen LogP contribution is -2.92. The minimum atomic E-state index is -2.89. The van der Waals surface area contributed by atoms with Crippen molar-refractivity contribution in [3.63, 3.8) is 0 Å². The van der Waals surface area contributed by atoms with Gasteiger partial charge in [-0.15, -0.1) is 0 Å². The summed E-state index contributed by atoms with van der Waals surface area (Å²) in [6.07, 6.45) is 0. The van der Waals surface area contributed by atoms with Crippen molar-refractivity contribution in [3.8, 4) is 5.75 Å². The quantitative estimate of drug-likeness (QED) is 0.582. The maximum Gasteiger partial charge on any atom is 0.387 e. The maximum atomic E-state index is 13.1. The van der Waals surface area contributed by atoms with Crippen molar-refractivity contribution in [2.75, 3.05) is 5.32 Å². The van der Waals surface area contributed by atoms with E-state index >= 15 is 0 Å². The number of halogens is 3. The van der Waals surface area contributed by atoms with E-state index in [1.807, 2.05) is 35.6 Å². The topological polar surface area (TPSA) is 54.9 Å². The van der Waals surface area contributed by atoms with Crippen molar-refractivity contribution >= 4 is 11.6 Å². The summed E-state index contributed by atoms with van der Waals surface area (Å²) < 4.78 is 42.3. The predicted octanol–water partition coefficient (Wildman–Crippen LogP) is 4.11. The van der Waals surface area contributed by atoms with Gasteiger partial charge in [0.1, 0.15) is 17.6 Å². The molecule has 0 fully saturated rings. The monoisotopic (exact) mass is 415 g/mol. The van der Waals surface area contributed by atoms with Crippen molar-refractivity contribution in [3.05, 3.63) is 95.8 Å². The SMILES string of the molecule is C[C@@H]([NH2+][C@@H](c1ccccc1)c1ccc(OC(F)F)cc1)C(=O)Nc1ccc(F)cc1. The first kappa shape index (κ1) is 21.4. The molecule has 3 aromatic rings. The number of nitrogens with two attached hydrogens (primary N) is 1. The van der Waals surface area contributed by atoms with Crippen molar-refractivity contribution in [1.29, 1.82) is 0 Å². The van der Waals surface area contributed by atoms with Crippen LogP contribution in [0.4, 0.5) is 18.9 Å². The second-order valence-corrected chi connectivity index (χ2v) is 6.81. The molecule has 0 spiro atoms. The molecule has 3 N–H and O–H groups in total. The van der Waals surface area contributed by atoms with Crippen LogP contribution in [-0.4, -0.2) is 18.6 Å². The molecule has 0 saturated carbocycles. The molecule has 0 aliphatic heterocycles. The Kier molecular flexibility index (Phi) is 7.08. The van der Waals surface area contributed by atoms with E-state index in [0.717, 1.165) is 11.1 Å². The highest BCUT2D eigenvalue weighted by Crippen LogP contribution is 2.22. The number of rotatable bonds is 8. The molecule has 3 aromatic carbocycles. The van der Waals surface area contributed by atoms with E-state index in [9.17, 15) is 18.0 Å². The molecule has 0 saturated heterocycles. The summed E-state index contributed by atoms with van der Waals surface area (Å²) in [5, 5.41) is 4.65. The number of nitrogens with one attached hydrogen (secondary N) is 1. The molecule has 2 atom stereocenters. The molecule has 0 bridgehead atoms. The van der Waals surface area contributed by atoms with E-state index in [4.69, 9.17) is 0 Å². The van der Waals surface area contributed by atoms with E-state index in [2.05, 4.69) is 10.1 Å². The second-order valence-electron chi connectivity index (χ2n) is 6.81. The Labute approximate surface area is 172 Å². The van der Waals surface area contributed by atoms with Gasteiger partial charge in [0.15, 0.2) is 6.04 Å². The summed E-state index contributed by atoms with van der Waals surface area (Å²) in [5.41, 5.74) is 2.30. The van der Waals surface area contributed by atoms with Crippen LogP contribution < -0.4 is 15.4 Å². The third kappa shape index (κ3) is 5.84. The van der Waals surface area contributed by atoms with Crippen LogP contribution in [0.3, 0.4) is 0 Å². The third-order valence-electron chi connectivity index (χ3n) is 4.63. The third-order valence-corrected chi connectivity index (χ3v) is 4.63. The van der Waals surface area contributed by atoms with Gasteiger partial charge in [-0.05, 0) is 55.5 Å². The average molecular weight is 415 g/mol. The number of hydrogen-bond acceptors (Lipinski definition) is 2. The Bertz CT molecular complexity index is 948. The van der Waals surface area contributed by atoms with Gasteiger partial charge >= 0.3 is 6.61 Å². The highest BCUT2D eigenvalue weighted by atomic mass is 19.3. The number of alkyl halides is 2. The van der Waals surface area contributed by atoms with Crippen LogP contribution in [0.15, 0.2) is 78.9 Å². The summed E-state index contributed by atoms with van der Waals surface area (Å²) in [4.78, 5) is 12.6. The van der Waals surface area contributed by atoms with Crippen LogP contribution in [0, 0.1) is 5.82 Å². The molecule has 30 heavy (non-hydrogen) atoms. The van der Waals surface area contributed by atoms with Crippen LogP contribution in [0.25, 0.3) is 0 Å². The van der Waals surface area contributed by atoms with E-state index in [0.29, 0.717) is 5.69 Å². The zero-order valence-corrected chi connectivity index (χ0v) is 16.3. The number of hydrogen-bond donors (Lipinski definition) is 2. The first-order valence-electron chi connectivity index (χ1n) is 9.43. The van der Waals surface area contributed by atoms with E-state index in [1.54, 1.807) is 19.1 Å². The molecule has 0 aliphatic rings. The Morgan fingerprint density at radius 2 is 1.50 bits per heavy atom. The van der Waals surface area contributed by atoms with E-state index < -0.39 is 12.7 Å². The lowest BCUT2D eigenvalue weighted by atomic mass is 9.97. The molecule has 0 heterocycles. The standard InChI is InChI=1S/C23H21F3N2O2/c1-15(22(29)28-19-11-9-18(24)10-12-19)27-21(16-5-3-2-4-6-16)17-7-13-20(14-8-17)30-23(25)26/h2-15,21,23,27H,1H3,(H,28,29)/p+1/t15-,21+/m1/s1. The molecule has 156 valence electrons. The van der Waals surface area contributed by atoms with Gasteiger partial charge in [0, 0.05) is 16.8 Å². The van der Waals surface area contributed by atoms with Gasteiger partial charge in [0.25, 0.3) is 5.91 Å². The van der Waals surface area contributed by atoms with Gasteiger partial charge in [-0.1, -0.05) is 30.3 Å². The Balaban J connectivity index is 1.77.